The summed E-state index contributed by atoms with van der Waals surface area (Å²) in [7, 11) is 0. The summed E-state index contributed by atoms with van der Waals surface area (Å²) >= 11 is 0. The van der Waals surface area contributed by atoms with Crippen molar-refractivity contribution < 1.29 is 18.3 Å². The molecule has 3 nitrogen and oxygen atoms in total. The van der Waals surface area contributed by atoms with Crippen LogP contribution in [0.5, 0.6) is 5.75 Å². The summed E-state index contributed by atoms with van der Waals surface area (Å²) in [6, 6.07) is 10.3. The molecule has 1 amide bonds. The Hall–Kier alpha value is -2.43. The van der Waals surface area contributed by atoms with Crippen LogP contribution >= 0.6 is 0 Å². The minimum atomic E-state index is -0.809. The van der Waals surface area contributed by atoms with Gasteiger partial charge in [-0.05, 0) is 50.5 Å². The molecule has 1 aliphatic rings. The number of amides is 1. The van der Waals surface area contributed by atoms with E-state index in [0.29, 0.717) is 19.7 Å². The Bertz CT molecular complexity index is 789. The van der Waals surface area contributed by atoms with Gasteiger partial charge < -0.3 is 9.64 Å². The largest absolute Gasteiger partial charge is 0.493 e. The standard InChI is InChI=1S/C21H23F2NO2/c1-14-5-8-17(9-6-14)26-13-16-4-3-11-24(12-16)21(25)19-18(22)10-7-15(2)20(19)23/h5-10,16H,3-4,11-13H2,1-2H3. The van der Waals surface area contributed by atoms with Crippen molar-refractivity contribution in [3.8, 4) is 5.75 Å². The lowest BCUT2D eigenvalue weighted by atomic mass is 9.97. The number of benzene rings is 2. The van der Waals surface area contributed by atoms with Gasteiger partial charge in [0.05, 0.1) is 6.61 Å². The first-order chi connectivity index (χ1) is 12.5. The van der Waals surface area contributed by atoms with Crippen LogP contribution in [0.1, 0.15) is 34.3 Å². The molecule has 0 saturated carbocycles. The van der Waals surface area contributed by atoms with Gasteiger partial charge in [-0.1, -0.05) is 23.8 Å². The fraction of sp³-hybridized carbons (Fsp3) is 0.381. The van der Waals surface area contributed by atoms with Crippen LogP contribution in [0.15, 0.2) is 36.4 Å². The fourth-order valence-electron chi connectivity index (χ4n) is 3.24. The van der Waals surface area contributed by atoms with Crippen LogP contribution in [0.2, 0.25) is 0 Å². The molecule has 1 saturated heterocycles. The number of carbonyl (C=O) groups is 1. The predicted octanol–water partition coefficient (Wildman–Crippen LogP) is 4.51. The van der Waals surface area contributed by atoms with Crippen LogP contribution < -0.4 is 4.74 Å². The molecule has 0 aliphatic carbocycles. The third-order valence-electron chi connectivity index (χ3n) is 4.81. The summed E-state index contributed by atoms with van der Waals surface area (Å²) in [6.07, 6.45) is 1.72. The van der Waals surface area contributed by atoms with Gasteiger partial charge in [0.25, 0.3) is 5.91 Å². The molecular weight excluding hydrogens is 336 g/mol. The number of hydrogen-bond donors (Lipinski definition) is 0. The van der Waals surface area contributed by atoms with Gasteiger partial charge in [-0.25, -0.2) is 8.78 Å². The number of hydrogen-bond acceptors (Lipinski definition) is 2. The number of carbonyl (C=O) groups excluding carboxylic acids is 1. The van der Waals surface area contributed by atoms with Gasteiger partial charge in [0.1, 0.15) is 22.9 Å². The van der Waals surface area contributed by atoms with E-state index in [1.165, 1.54) is 17.9 Å². The van der Waals surface area contributed by atoms with E-state index in [9.17, 15) is 13.6 Å². The summed E-state index contributed by atoms with van der Waals surface area (Å²) in [5, 5.41) is 0. The zero-order valence-corrected chi connectivity index (χ0v) is 15.1. The van der Waals surface area contributed by atoms with Crippen LogP contribution in [0, 0.1) is 31.4 Å². The molecule has 0 spiro atoms. The van der Waals surface area contributed by atoms with Crippen LogP contribution in [0.3, 0.4) is 0 Å². The molecular formula is C21H23F2NO2. The Balaban J connectivity index is 1.65. The molecule has 0 N–H and O–H groups in total. The highest BCUT2D eigenvalue weighted by Gasteiger charge is 2.29. The van der Waals surface area contributed by atoms with Crippen molar-refractivity contribution in [3.05, 3.63) is 64.7 Å². The van der Waals surface area contributed by atoms with Gasteiger partial charge in [0, 0.05) is 19.0 Å². The minimum absolute atomic E-state index is 0.143. The van der Waals surface area contributed by atoms with Gasteiger partial charge in [-0.2, -0.15) is 0 Å². The van der Waals surface area contributed by atoms with E-state index in [2.05, 4.69) is 0 Å². The zero-order chi connectivity index (χ0) is 18.7. The fourth-order valence-corrected chi connectivity index (χ4v) is 3.24. The van der Waals surface area contributed by atoms with Crippen LogP contribution in [-0.2, 0) is 0 Å². The average Bonchev–Trinajstić information content (AvgIpc) is 2.65. The summed E-state index contributed by atoms with van der Waals surface area (Å²) < 4.78 is 34.1. The SMILES string of the molecule is Cc1ccc(OCC2CCCN(C(=O)c3c(F)ccc(C)c3F)C2)cc1. The second-order valence-electron chi connectivity index (χ2n) is 6.94. The van der Waals surface area contributed by atoms with Crippen molar-refractivity contribution in [2.45, 2.75) is 26.7 Å². The van der Waals surface area contributed by atoms with Gasteiger partial charge >= 0.3 is 0 Å². The van der Waals surface area contributed by atoms with E-state index < -0.39 is 23.1 Å². The number of piperidine rings is 1. The maximum Gasteiger partial charge on any atom is 0.259 e. The lowest BCUT2D eigenvalue weighted by Crippen LogP contribution is -2.42. The molecule has 1 unspecified atom stereocenters. The number of aryl methyl sites for hydroxylation is 2. The van der Waals surface area contributed by atoms with Gasteiger partial charge in [0.2, 0.25) is 0 Å². The highest BCUT2D eigenvalue weighted by molar-refractivity contribution is 5.95. The van der Waals surface area contributed by atoms with Crippen molar-refractivity contribution in [3.63, 3.8) is 0 Å². The Morgan fingerprint density at radius 2 is 1.88 bits per heavy atom. The Morgan fingerprint density at radius 1 is 1.15 bits per heavy atom. The first-order valence-corrected chi connectivity index (χ1v) is 8.89. The van der Waals surface area contributed by atoms with Crippen LogP contribution in [0.4, 0.5) is 8.78 Å². The zero-order valence-electron chi connectivity index (χ0n) is 15.1. The third-order valence-corrected chi connectivity index (χ3v) is 4.81. The van der Waals surface area contributed by atoms with Gasteiger partial charge in [0.15, 0.2) is 0 Å². The molecule has 1 heterocycles. The molecule has 1 aliphatic heterocycles. The highest BCUT2D eigenvalue weighted by Crippen LogP contribution is 2.23. The normalized spacial score (nSPS) is 17.2. The summed E-state index contributed by atoms with van der Waals surface area (Å²) in [5.74, 6) is -1.23. The summed E-state index contributed by atoms with van der Waals surface area (Å²) in [6.45, 7) is 4.97. The van der Waals surface area contributed by atoms with Crippen molar-refractivity contribution in [1.29, 1.82) is 0 Å². The molecule has 2 aromatic rings. The lowest BCUT2D eigenvalue weighted by Gasteiger charge is -2.33. The molecule has 0 bridgehead atoms. The number of ether oxygens (including phenoxy) is 1. The molecule has 0 radical (unpaired) electrons. The molecule has 1 atom stereocenters. The second-order valence-corrected chi connectivity index (χ2v) is 6.94. The molecule has 5 heteroatoms. The summed E-state index contributed by atoms with van der Waals surface area (Å²) in [4.78, 5) is 14.2. The first-order valence-electron chi connectivity index (χ1n) is 8.89. The Labute approximate surface area is 152 Å². The number of likely N-dealkylation sites (tertiary alicyclic amines) is 1. The average molecular weight is 359 g/mol. The van der Waals surface area contributed by atoms with Crippen molar-refractivity contribution in [1.82, 2.24) is 4.90 Å². The third kappa shape index (κ3) is 4.03. The van der Waals surface area contributed by atoms with E-state index in [1.54, 1.807) is 0 Å². The van der Waals surface area contributed by atoms with Crippen LogP contribution in [0.25, 0.3) is 0 Å². The smallest absolute Gasteiger partial charge is 0.259 e. The van der Waals surface area contributed by atoms with E-state index in [4.69, 9.17) is 4.74 Å². The van der Waals surface area contributed by atoms with Crippen molar-refractivity contribution >= 4 is 5.91 Å². The quantitative estimate of drug-likeness (QED) is 0.804. The number of nitrogens with zero attached hydrogens (tertiary/aromatic N) is 1. The monoisotopic (exact) mass is 359 g/mol. The van der Waals surface area contributed by atoms with Crippen molar-refractivity contribution in [2.75, 3.05) is 19.7 Å². The van der Waals surface area contributed by atoms with E-state index in [0.717, 1.165) is 30.2 Å². The van der Waals surface area contributed by atoms with Gasteiger partial charge in [-0.3, -0.25) is 4.79 Å². The Kier molecular flexibility index (Phi) is 5.55. The number of halogens is 2. The van der Waals surface area contributed by atoms with Crippen LogP contribution in [-0.4, -0.2) is 30.5 Å². The predicted molar refractivity (Wildman–Crippen MR) is 96.4 cm³/mol. The van der Waals surface area contributed by atoms with E-state index in [1.807, 2.05) is 31.2 Å². The highest BCUT2D eigenvalue weighted by atomic mass is 19.1. The van der Waals surface area contributed by atoms with Gasteiger partial charge in [-0.15, -0.1) is 0 Å². The summed E-state index contributed by atoms with van der Waals surface area (Å²) in [5.41, 5.74) is 0.977. The maximum absolute atomic E-state index is 14.3. The lowest BCUT2D eigenvalue weighted by molar-refractivity contribution is 0.0623. The first kappa shape index (κ1) is 18.4. The minimum Gasteiger partial charge on any atom is -0.493 e. The molecule has 2 aromatic carbocycles. The molecule has 26 heavy (non-hydrogen) atoms. The number of rotatable bonds is 4. The van der Waals surface area contributed by atoms with Crippen molar-refractivity contribution in [2.24, 2.45) is 5.92 Å². The molecule has 138 valence electrons. The topological polar surface area (TPSA) is 29.5 Å². The molecule has 1 fully saturated rings. The van der Waals surface area contributed by atoms with E-state index >= 15 is 0 Å². The second kappa shape index (κ2) is 7.85. The molecule has 0 aromatic heterocycles. The maximum atomic E-state index is 14.3. The Morgan fingerprint density at radius 3 is 2.62 bits per heavy atom. The molecule has 3 rings (SSSR count). The van der Waals surface area contributed by atoms with E-state index in [-0.39, 0.29) is 11.5 Å².